The maximum absolute atomic E-state index is 12.6. The number of nitrogens with zero attached hydrogens (tertiary/aromatic N) is 5. The van der Waals surface area contributed by atoms with Gasteiger partial charge in [-0.2, -0.15) is 10.2 Å². The smallest absolute Gasteiger partial charge is 0.247 e. The van der Waals surface area contributed by atoms with Crippen molar-refractivity contribution in [3.8, 4) is 0 Å². The van der Waals surface area contributed by atoms with E-state index in [1.807, 2.05) is 37.0 Å². The summed E-state index contributed by atoms with van der Waals surface area (Å²) in [6, 6.07) is 1.66. The number of carbonyl (C=O) groups is 1. The van der Waals surface area contributed by atoms with E-state index in [0.717, 1.165) is 16.7 Å². The lowest BCUT2D eigenvalue weighted by Gasteiger charge is -2.22. The van der Waals surface area contributed by atoms with Crippen LogP contribution in [0.4, 0.5) is 0 Å². The molecule has 2 heterocycles. The lowest BCUT2D eigenvalue weighted by Crippen LogP contribution is -2.34. The second kappa shape index (κ2) is 6.89. The Morgan fingerprint density at radius 1 is 1.48 bits per heavy atom. The molecule has 6 nitrogen and oxygen atoms in total. The third-order valence-corrected chi connectivity index (χ3v) is 3.77. The molecule has 7 heteroatoms. The summed E-state index contributed by atoms with van der Waals surface area (Å²) in [6.45, 7) is 5.35. The van der Waals surface area contributed by atoms with Gasteiger partial charge in [0.25, 0.3) is 0 Å². The summed E-state index contributed by atoms with van der Waals surface area (Å²) in [4.78, 5) is 14.3. The molecule has 1 amide bonds. The molecule has 1 unspecified atom stereocenters. The molecule has 0 aromatic carbocycles. The Hall–Kier alpha value is -1.63. The lowest BCUT2D eigenvalue weighted by atomic mass is 10.2. The minimum atomic E-state index is -0.283. The van der Waals surface area contributed by atoms with Crippen LogP contribution in [-0.2, 0) is 17.9 Å². The van der Waals surface area contributed by atoms with E-state index >= 15 is 0 Å². The van der Waals surface area contributed by atoms with Gasteiger partial charge in [-0.25, -0.2) is 0 Å². The van der Waals surface area contributed by atoms with Crippen molar-refractivity contribution in [1.29, 1.82) is 0 Å². The van der Waals surface area contributed by atoms with Crippen molar-refractivity contribution in [2.45, 2.75) is 39.4 Å². The van der Waals surface area contributed by atoms with Gasteiger partial charge in [-0.3, -0.25) is 14.2 Å². The maximum Gasteiger partial charge on any atom is 0.247 e. The zero-order valence-corrected chi connectivity index (χ0v) is 14.1. The van der Waals surface area contributed by atoms with E-state index in [-0.39, 0.29) is 11.9 Å². The van der Waals surface area contributed by atoms with E-state index in [2.05, 4.69) is 26.1 Å². The summed E-state index contributed by atoms with van der Waals surface area (Å²) in [5, 5.41) is 8.62. The average molecular weight is 354 g/mol. The van der Waals surface area contributed by atoms with E-state index in [0.29, 0.717) is 13.0 Å². The highest BCUT2D eigenvalue weighted by atomic mass is 79.9. The lowest BCUT2D eigenvalue weighted by molar-refractivity contribution is -0.134. The number of amides is 1. The van der Waals surface area contributed by atoms with E-state index in [4.69, 9.17) is 0 Å². The van der Waals surface area contributed by atoms with Crippen molar-refractivity contribution >= 4 is 21.8 Å². The maximum atomic E-state index is 12.6. The first kappa shape index (κ1) is 15.8. The van der Waals surface area contributed by atoms with Gasteiger partial charge >= 0.3 is 0 Å². The van der Waals surface area contributed by atoms with Gasteiger partial charge in [-0.15, -0.1) is 0 Å². The van der Waals surface area contributed by atoms with Crippen LogP contribution in [0.15, 0.2) is 29.1 Å². The number of halogens is 1. The van der Waals surface area contributed by atoms with Crippen LogP contribution in [0.5, 0.6) is 0 Å². The molecule has 0 radical (unpaired) electrons. The van der Waals surface area contributed by atoms with Gasteiger partial charge in [-0.05, 0) is 35.3 Å². The van der Waals surface area contributed by atoms with Crippen LogP contribution >= 0.6 is 15.9 Å². The van der Waals surface area contributed by atoms with E-state index in [1.165, 1.54) is 0 Å². The molecular formula is C14H20BrN5O. The predicted octanol–water partition coefficient (Wildman–Crippen LogP) is 2.47. The third-order valence-electron chi connectivity index (χ3n) is 3.36. The first-order valence-electron chi connectivity index (χ1n) is 7.02. The zero-order valence-electron chi connectivity index (χ0n) is 12.5. The summed E-state index contributed by atoms with van der Waals surface area (Å²) in [6.07, 6.45) is 6.14. The molecule has 21 heavy (non-hydrogen) atoms. The number of rotatable bonds is 6. The molecule has 0 spiro atoms. The van der Waals surface area contributed by atoms with Crippen molar-refractivity contribution in [1.82, 2.24) is 24.5 Å². The molecule has 0 aliphatic rings. The SMILES string of the molecule is CCC(C(=O)N(C)Cc1ccn(CC)n1)n1cc(Br)cn1. The summed E-state index contributed by atoms with van der Waals surface area (Å²) in [7, 11) is 1.80. The number of hydrogen-bond donors (Lipinski definition) is 0. The predicted molar refractivity (Wildman–Crippen MR) is 83.6 cm³/mol. The van der Waals surface area contributed by atoms with Crippen LogP contribution in [-0.4, -0.2) is 37.4 Å². The van der Waals surface area contributed by atoms with Gasteiger partial charge in [0.2, 0.25) is 5.91 Å². The van der Waals surface area contributed by atoms with Crippen LogP contribution < -0.4 is 0 Å². The van der Waals surface area contributed by atoms with Gasteiger partial charge in [0.15, 0.2) is 0 Å². The normalized spacial score (nSPS) is 12.4. The van der Waals surface area contributed by atoms with Crippen LogP contribution in [0.3, 0.4) is 0 Å². The molecule has 2 rings (SSSR count). The first-order valence-corrected chi connectivity index (χ1v) is 7.81. The van der Waals surface area contributed by atoms with E-state index in [9.17, 15) is 4.79 Å². The Kier molecular flexibility index (Phi) is 5.17. The van der Waals surface area contributed by atoms with Crippen molar-refractivity contribution < 1.29 is 4.79 Å². The number of carbonyl (C=O) groups excluding carboxylic acids is 1. The van der Waals surface area contributed by atoms with Crippen LogP contribution in [0.2, 0.25) is 0 Å². The van der Waals surface area contributed by atoms with Crippen molar-refractivity contribution in [2.24, 2.45) is 0 Å². The molecule has 0 aliphatic carbocycles. The van der Waals surface area contributed by atoms with Gasteiger partial charge in [-0.1, -0.05) is 6.92 Å². The van der Waals surface area contributed by atoms with Gasteiger partial charge in [0, 0.05) is 26.0 Å². The number of aromatic nitrogens is 4. The first-order chi connectivity index (χ1) is 10.0. The summed E-state index contributed by atoms with van der Waals surface area (Å²) >= 11 is 3.36. The van der Waals surface area contributed by atoms with E-state index < -0.39 is 0 Å². The Bertz CT molecular complexity index is 606. The van der Waals surface area contributed by atoms with Crippen LogP contribution in [0.1, 0.15) is 32.0 Å². The highest BCUT2D eigenvalue weighted by molar-refractivity contribution is 9.10. The zero-order chi connectivity index (χ0) is 15.4. The molecular weight excluding hydrogens is 334 g/mol. The fourth-order valence-corrected chi connectivity index (χ4v) is 2.50. The fraction of sp³-hybridized carbons (Fsp3) is 0.500. The van der Waals surface area contributed by atoms with Crippen LogP contribution in [0, 0.1) is 0 Å². The largest absolute Gasteiger partial charge is 0.338 e. The van der Waals surface area contributed by atoms with Crippen LogP contribution in [0.25, 0.3) is 0 Å². The second-order valence-corrected chi connectivity index (χ2v) is 5.84. The number of aryl methyl sites for hydroxylation is 1. The van der Waals surface area contributed by atoms with Crippen molar-refractivity contribution in [3.63, 3.8) is 0 Å². The molecule has 0 saturated heterocycles. The quantitative estimate of drug-likeness (QED) is 0.801. The minimum absolute atomic E-state index is 0.0409. The number of likely N-dealkylation sites (N-methyl/N-ethyl adjacent to an activating group) is 1. The fourth-order valence-electron chi connectivity index (χ4n) is 2.20. The molecule has 1 atom stereocenters. The molecule has 0 aliphatic heterocycles. The van der Waals surface area contributed by atoms with Crippen molar-refractivity contribution in [2.75, 3.05) is 7.05 Å². The second-order valence-electron chi connectivity index (χ2n) is 4.92. The summed E-state index contributed by atoms with van der Waals surface area (Å²) in [5.74, 6) is 0.0409. The standard InChI is InChI=1S/C14H20BrN5O/c1-4-13(20-9-11(15)8-16-20)14(21)18(3)10-12-6-7-19(5-2)17-12/h6-9,13H,4-5,10H2,1-3H3. The molecule has 0 fully saturated rings. The third kappa shape index (κ3) is 3.72. The molecule has 0 N–H and O–H groups in total. The highest BCUT2D eigenvalue weighted by Crippen LogP contribution is 2.17. The molecule has 2 aromatic rings. The van der Waals surface area contributed by atoms with Gasteiger partial charge in [0.05, 0.1) is 22.9 Å². The Morgan fingerprint density at radius 2 is 2.24 bits per heavy atom. The summed E-state index contributed by atoms with van der Waals surface area (Å²) in [5.41, 5.74) is 0.893. The summed E-state index contributed by atoms with van der Waals surface area (Å²) < 4.78 is 4.43. The molecule has 0 saturated carbocycles. The molecule has 0 bridgehead atoms. The topological polar surface area (TPSA) is 56.0 Å². The average Bonchev–Trinajstić information content (AvgIpc) is 3.08. The van der Waals surface area contributed by atoms with Crippen molar-refractivity contribution in [3.05, 3.63) is 34.8 Å². The Labute approximate surface area is 132 Å². The minimum Gasteiger partial charge on any atom is -0.338 e. The van der Waals surface area contributed by atoms with Gasteiger partial charge in [0.1, 0.15) is 6.04 Å². The highest BCUT2D eigenvalue weighted by Gasteiger charge is 2.23. The number of hydrogen-bond acceptors (Lipinski definition) is 3. The monoisotopic (exact) mass is 353 g/mol. The van der Waals surface area contributed by atoms with Gasteiger partial charge < -0.3 is 4.90 Å². The Balaban J connectivity index is 2.06. The molecule has 2 aromatic heterocycles. The van der Waals surface area contributed by atoms with E-state index in [1.54, 1.807) is 22.8 Å². The Morgan fingerprint density at radius 3 is 2.76 bits per heavy atom. The molecule has 114 valence electrons.